The lowest BCUT2D eigenvalue weighted by molar-refractivity contribution is 0.936. The summed E-state index contributed by atoms with van der Waals surface area (Å²) in [5.41, 5.74) is 8.63. The van der Waals surface area contributed by atoms with E-state index in [0.717, 1.165) is 16.7 Å². The summed E-state index contributed by atoms with van der Waals surface area (Å²) < 4.78 is 1.78. The number of benzene rings is 2. The van der Waals surface area contributed by atoms with Crippen molar-refractivity contribution in [1.29, 1.82) is 0 Å². The van der Waals surface area contributed by atoms with E-state index in [0.29, 0.717) is 18.2 Å². The fraction of sp³-hybridized carbons (Fsp3) is 0.0556. The van der Waals surface area contributed by atoms with Gasteiger partial charge in [0, 0.05) is 30.0 Å². The molecule has 2 aromatic heterocycles. The Morgan fingerprint density at radius 2 is 1.92 bits per heavy atom. The average molecular weight is 316 g/mol. The van der Waals surface area contributed by atoms with Gasteiger partial charge >= 0.3 is 0 Å². The molecule has 0 aliphatic carbocycles. The molecule has 4 rings (SSSR count). The van der Waals surface area contributed by atoms with Crippen molar-refractivity contribution in [3.63, 3.8) is 0 Å². The molecular formula is C18H16N6. The Bertz CT molecular complexity index is 964. The van der Waals surface area contributed by atoms with Crippen LogP contribution in [-0.2, 0) is 6.54 Å². The highest BCUT2D eigenvalue weighted by Gasteiger charge is 2.09. The van der Waals surface area contributed by atoms with E-state index >= 15 is 0 Å². The first kappa shape index (κ1) is 14.2. The lowest BCUT2D eigenvalue weighted by atomic mass is 10.2. The van der Waals surface area contributed by atoms with E-state index in [1.807, 2.05) is 42.6 Å². The molecule has 0 saturated carbocycles. The molecule has 0 aliphatic rings. The highest BCUT2D eigenvalue weighted by Crippen LogP contribution is 2.24. The lowest BCUT2D eigenvalue weighted by Gasteiger charge is -2.11. The number of nitrogen functional groups attached to an aromatic ring is 1. The van der Waals surface area contributed by atoms with Gasteiger partial charge in [-0.15, -0.1) is 0 Å². The van der Waals surface area contributed by atoms with Crippen LogP contribution >= 0.6 is 0 Å². The van der Waals surface area contributed by atoms with E-state index in [-0.39, 0.29) is 0 Å². The summed E-state index contributed by atoms with van der Waals surface area (Å²) in [5, 5.41) is 4.29. The molecule has 0 aliphatic heterocycles. The summed E-state index contributed by atoms with van der Waals surface area (Å²) in [7, 11) is 0. The van der Waals surface area contributed by atoms with Crippen molar-refractivity contribution < 1.29 is 0 Å². The second-order valence-corrected chi connectivity index (χ2v) is 5.46. The number of fused-ring (bicyclic) bond motifs is 1. The molecular weight excluding hydrogens is 300 g/mol. The molecule has 6 heteroatoms. The first-order valence-electron chi connectivity index (χ1n) is 7.63. The maximum atomic E-state index is 5.93. The van der Waals surface area contributed by atoms with Crippen molar-refractivity contribution in [1.82, 2.24) is 19.5 Å². The normalized spacial score (nSPS) is 10.8. The van der Waals surface area contributed by atoms with Crippen molar-refractivity contribution in [2.75, 3.05) is 11.1 Å². The number of aromatic nitrogens is 4. The Kier molecular flexibility index (Phi) is 3.55. The fourth-order valence-corrected chi connectivity index (χ4v) is 2.54. The van der Waals surface area contributed by atoms with Crippen molar-refractivity contribution in [2.24, 2.45) is 0 Å². The zero-order valence-corrected chi connectivity index (χ0v) is 12.9. The first-order valence-corrected chi connectivity index (χ1v) is 7.63. The zero-order chi connectivity index (χ0) is 16.4. The highest BCUT2D eigenvalue weighted by atomic mass is 15.2. The Labute approximate surface area is 139 Å². The Balaban J connectivity index is 1.77. The van der Waals surface area contributed by atoms with Crippen LogP contribution in [0.1, 0.15) is 5.56 Å². The van der Waals surface area contributed by atoms with Gasteiger partial charge in [-0.1, -0.05) is 30.3 Å². The zero-order valence-electron chi connectivity index (χ0n) is 12.9. The van der Waals surface area contributed by atoms with Crippen molar-refractivity contribution in [3.05, 3.63) is 72.8 Å². The Hall–Kier alpha value is -3.41. The molecule has 0 unspecified atom stereocenters. The maximum absolute atomic E-state index is 5.93. The van der Waals surface area contributed by atoms with Crippen molar-refractivity contribution in [2.45, 2.75) is 6.54 Å². The minimum atomic E-state index is 0.570. The Morgan fingerprint density at radius 3 is 2.71 bits per heavy atom. The van der Waals surface area contributed by atoms with Gasteiger partial charge in [0.15, 0.2) is 0 Å². The summed E-state index contributed by atoms with van der Waals surface area (Å²) in [6, 6.07) is 15.8. The number of rotatable bonds is 4. The topological polar surface area (TPSA) is 81.7 Å². The molecule has 2 heterocycles. The number of anilines is 2. The van der Waals surface area contributed by atoms with Gasteiger partial charge in [0.2, 0.25) is 5.95 Å². The molecule has 4 aromatic rings. The molecule has 0 bridgehead atoms. The number of nitrogens with one attached hydrogen (secondary N) is 1. The maximum Gasteiger partial charge on any atom is 0.237 e. The molecule has 118 valence electrons. The summed E-state index contributed by atoms with van der Waals surface area (Å²) in [5.74, 6) is 1.32. The van der Waals surface area contributed by atoms with Gasteiger partial charge in [0.25, 0.3) is 0 Å². The summed E-state index contributed by atoms with van der Waals surface area (Å²) in [4.78, 5) is 13.3. The number of nitrogens with zero attached hydrogens (tertiary/aromatic N) is 4. The molecule has 0 saturated heterocycles. The van der Waals surface area contributed by atoms with Crippen LogP contribution in [0.4, 0.5) is 11.5 Å². The van der Waals surface area contributed by atoms with Gasteiger partial charge in [-0.3, -0.25) is 4.57 Å². The summed E-state index contributed by atoms with van der Waals surface area (Å²) in [6.07, 6.45) is 5.20. The van der Waals surface area contributed by atoms with Crippen LogP contribution in [0.25, 0.3) is 16.9 Å². The molecule has 6 nitrogen and oxygen atoms in total. The monoisotopic (exact) mass is 316 g/mol. The predicted octanol–water partition coefficient (Wildman–Crippen LogP) is 3.01. The van der Waals surface area contributed by atoms with E-state index in [1.54, 1.807) is 17.1 Å². The number of nitrogens with two attached hydrogens (primary N) is 1. The fourth-order valence-electron chi connectivity index (χ4n) is 2.54. The molecule has 3 N–H and O–H groups in total. The van der Waals surface area contributed by atoms with Crippen molar-refractivity contribution >= 4 is 22.4 Å². The summed E-state index contributed by atoms with van der Waals surface area (Å²) >= 11 is 0. The molecule has 0 atom stereocenters. The minimum absolute atomic E-state index is 0.570. The molecule has 2 aromatic carbocycles. The number of hydrogen-bond donors (Lipinski definition) is 2. The van der Waals surface area contributed by atoms with E-state index in [1.165, 1.54) is 5.56 Å². The van der Waals surface area contributed by atoms with Gasteiger partial charge in [0.1, 0.15) is 12.1 Å². The van der Waals surface area contributed by atoms with Crippen LogP contribution in [0.15, 0.2) is 67.3 Å². The highest BCUT2D eigenvalue weighted by molar-refractivity contribution is 5.91. The van der Waals surface area contributed by atoms with Crippen LogP contribution in [0.3, 0.4) is 0 Å². The van der Waals surface area contributed by atoms with E-state index in [2.05, 4.69) is 32.4 Å². The molecule has 0 radical (unpaired) electrons. The smallest absolute Gasteiger partial charge is 0.237 e. The third-order valence-electron chi connectivity index (χ3n) is 3.75. The predicted molar refractivity (Wildman–Crippen MR) is 94.8 cm³/mol. The second-order valence-electron chi connectivity index (χ2n) is 5.46. The largest absolute Gasteiger partial charge is 0.399 e. The molecule has 0 fully saturated rings. The van der Waals surface area contributed by atoms with Crippen LogP contribution in [0.5, 0.6) is 0 Å². The molecule has 0 spiro atoms. The SMILES string of the molecule is Nc1ccc2nc(-n3ccnc3)nc(NCc3ccccc3)c2c1. The average Bonchev–Trinajstić information content (AvgIpc) is 3.15. The van der Waals surface area contributed by atoms with Crippen molar-refractivity contribution in [3.8, 4) is 5.95 Å². The third-order valence-corrected chi connectivity index (χ3v) is 3.75. The quantitative estimate of drug-likeness (QED) is 0.566. The first-order chi connectivity index (χ1) is 11.8. The van der Waals surface area contributed by atoms with Gasteiger partial charge in [-0.05, 0) is 23.8 Å². The molecule has 0 amide bonds. The number of imidazole rings is 1. The second kappa shape index (κ2) is 6.00. The van der Waals surface area contributed by atoms with Gasteiger partial charge < -0.3 is 11.1 Å². The van der Waals surface area contributed by atoms with Gasteiger partial charge in [0.05, 0.1) is 5.52 Å². The van der Waals surface area contributed by atoms with Crippen LogP contribution in [0, 0.1) is 0 Å². The van der Waals surface area contributed by atoms with Crippen LogP contribution in [0.2, 0.25) is 0 Å². The minimum Gasteiger partial charge on any atom is -0.399 e. The van der Waals surface area contributed by atoms with Gasteiger partial charge in [-0.25, -0.2) is 9.97 Å². The van der Waals surface area contributed by atoms with Crippen LogP contribution in [-0.4, -0.2) is 19.5 Å². The standard InChI is InChI=1S/C18H16N6/c19-14-6-7-16-15(10-14)17(21-11-13-4-2-1-3-5-13)23-18(22-16)24-9-8-20-12-24/h1-10,12H,11,19H2,(H,21,22,23). The number of hydrogen-bond acceptors (Lipinski definition) is 5. The third kappa shape index (κ3) is 2.77. The summed E-state index contributed by atoms with van der Waals surface area (Å²) in [6.45, 7) is 0.672. The van der Waals surface area contributed by atoms with Crippen LogP contribution < -0.4 is 11.1 Å². The van der Waals surface area contributed by atoms with E-state index < -0.39 is 0 Å². The van der Waals surface area contributed by atoms with Gasteiger partial charge in [-0.2, -0.15) is 4.98 Å². The van der Waals surface area contributed by atoms with E-state index in [4.69, 9.17) is 5.73 Å². The van der Waals surface area contributed by atoms with E-state index in [9.17, 15) is 0 Å². The Morgan fingerprint density at radius 1 is 1.04 bits per heavy atom. The lowest BCUT2D eigenvalue weighted by Crippen LogP contribution is -2.07. The molecule has 24 heavy (non-hydrogen) atoms.